The van der Waals surface area contributed by atoms with E-state index in [0.29, 0.717) is 0 Å². The van der Waals surface area contributed by atoms with Gasteiger partial charge in [-0.3, -0.25) is 5.10 Å². The molecule has 0 atom stereocenters. The van der Waals surface area contributed by atoms with Crippen LogP contribution in [0.15, 0.2) is 22.8 Å². The molecule has 2 aromatic rings. The number of hydrogen-bond acceptors (Lipinski definition) is 2. The molecule has 1 saturated heterocycles. The zero-order valence-corrected chi connectivity index (χ0v) is 9.92. The van der Waals surface area contributed by atoms with Gasteiger partial charge in [0, 0.05) is 24.2 Å². The monoisotopic (exact) mass is 265 g/mol. The number of aromatic nitrogens is 2. The van der Waals surface area contributed by atoms with E-state index >= 15 is 0 Å². The zero-order chi connectivity index (χ0) is 10.3. The van der Waals surface area contributed by atoms with Crippen LogP contribution in [0.4, 0.5) is 5.69 Å². The third kappa shape index (κ3) is 1.53. The Kier molecular flexibility index (Phi) is 2.16. The van der Waals surface area contributed by atoms with Crippen molar-refractivity contribution < 1.29 is 0 Å². The quantitative estimate of drug-likeness (QED) is 0.860. The van der Waals surface area contributed by atoms with E-state index in [-0.39, 0.29) is 0 Å². The van der Waals surface area contributed by atoms with Gasteiger partial charge in [0.2, 0.25) is 0 Å². The molecule has 2 heterocycles. The van der Waals surface area contributed by atoms with Crippen LogP contribution in [0, 0.1) is 0 Å². The average molecular weight is 266 g/mol. The maximum Gasteiger partial charge on any atom is 0.108 e. The van der Waals surface area contributed by atoms with E-state index in [9.17, 15) is 0 Å². The molecule has 1 aliphatic rings. The molecule has 0 aliphatic carbocycles. The second-order valence-electron chi connectivity index (χ2n) is 3.93. The first-order valence-electron chi connectivity index (χ1n) is 5.23. The van der Waals surface area contributed by atoms with Crippen LogP contribution >= 0.6 is 15.9 Å². The first-order chi connectivity index (χ1) is 7.34. The Bertz CT molecular complexity index is 486. The number of nitrogens with zero attached hydrogens (tertiary/aromatic N) is 2. The summed E-state index contributed by atoms with van der Waals surface area (Å²) in [5.41, 5.74) is 2.33. The van der Waals surface area contributed by atoms with Gasteiger partial charge in [0.1, 0.15) is 4.60 Å². The van der Waals surface area contributed by atoms with Gasteiger partial charge in [0.05, 0.1) is 5.52 Å². The SMILES string of the molecule is Brc1[nH]nc2ccc(N3CCCC3)cc12. The number of anilines is 1. The molecule has 0 amide bonds. The fourth-order valence-electron chi connectivity index (χ4n) is 2.14. The second kappa shape index (κ2) is 3.52. The van der Waals surface area contributed by atoms with E-state index in [0.717, 1.165) is 10.1 Å². The summed E-state index contributed by atoms with van der Waals surface area (Å²) in [6, 6.07) is 6.43. The molecule has 1 N–H and O–H groups in total. The van der Waals surface area contributed by atoms with Crippen LogP contribution in [-0.2, 0) is 0 Å². The van der Waals surface area contributed by atoms with Crippen LogP contribution in [0.1, 0.15) is 12.8 Å². The highest BCUT2D eigenvalue weighted by molar-refractivity contribution is 9.10. The highest BCUT2D eigenvalue weighted by Crippen LogP contribution is 2.27. The van der Waals surface area contributed by atoms with Crippen molar-refractivity contribution in [1.29, 1.82) is 0 Å². The third-order valence-electron chi connectivity index (χ3n) is 2.96. The van der Waals surface area contributed by atoms with Gasteiger partial charge >= 0.3 is 0 Å². The summed E-state index contributed by atoms with van der Waals surface area (Å²) in [6.07, 6.45) is 2.62. The highest BCUT2D eigenvalue weighted by Gasteiger charge is 2.13. The molecule has 78 valence electrons. The number of halogens is 1. The molecule has 1 aliphatic heterocycles. The summed E-state index contributed by atoms with van der Waals surface area (Å²) >= 11 is 3.47. The Labute approximate surface area is 96.6 Å². The van der Waals surface area contributed by atoms with Crippen molar-refractivity contribution in [3.8, 4) is 0 Å². The van der Waals surface area contributed by atoms with Crippen LogP contribution in [0.2, 0.25) is 0 Å². The normalized spacial score (nSPS) is 16.5. The molecule has 1 aromatic carbocycles. The fourth-order valence-corrected chi connectivity index (χ4v) is 2.55. The average Bonchev–Trinajstić information content (AvgIpc) is 2.88. The van der Waals surface area contributed by atoms with E-state index in [2.05, 4.69) is 49.2 Å². The molecule has 0 bridgehead atoms. The summed E-state index contributed by atoms with van der Waals surface area (Å²) in [7, 11) is 0. The van der Waals surface area contributed by atoms with Crippen molar-refractivity contribution in [3.63, 3.8) is 0 Å². The Balaban J connectivity index is 2.08. The lowest BCUT2D eigenvalue weighted by molar-refractivity contribution is 0.949. The van der Waals surface area contributed by atoms with Crippen LogP contribution < -0.4 is 4.90 Å². The number of benzene rings is 1. The highest BCUT2D eigenvalue weighted by atomic mass is 79.9. The largest absolute Gasteiger partial charge is 0.372 e. The Morgan fingerprint density at radius 3 is 2.87 bits per heavy atom. The first kappa shape index (κ1) is 9.21. The molecule has 3 rings (SSSR count). The summed E-state index contributed by atoms with van der Waals surface area (Å²) < 4.78 is 0.971. The summed E-state index contributed by atoms with van der Waals surface area (Å²) in [6.45, 7) is 2.36. The third-order valence-corrected chi connectivity index (χ3v) is 3.57. The van der Waals surface area contributed by atoms with Gasteiger partial charge in [-0.15, -0.1) is 0 Å². The topological polar surface area (TPSA) is 31.9 Å². The van der Waals surface area contributed by atoms with Crippen molar-refractivity contribution in [2.45, 2.75) is 12.8 Å². The van der Waals surface area contributed by atoms with Crippen LogP contribution in [0.5, 0.6) is 0 Å². The predicted molar refractivity (Wildman–Crippen MR) is 65.2 cm³/mol. The van der Waals surface area contributed by atoms with E-state index in [1.165, 1.54) is 37.0 Å². The number of rotatable bonds is 1. The van der Waals surface area contributed by atoms with Gasteiger partial charge in [-0.05, 0) is 47.0 Å². The van der Waals surface area contributed by atoms with Crippen molar-refractivity contribution in [2.24, 2.45) is 0 Å². The molecule has 3 nitrogen and oxygen atoms in total. The number of fused-ring (bicyclic) bond motifs is 1. The molecular weight excluding hydrogens is 254 g/mol. The minimum absolute atomic E-state index is 0.971. The lowest BCUT2D eigenvalue weighted by atomic mass is 10.2. The zero-order valence-electron chi connectivity index (χ0n) is 8.33. The lowest BCUT2D eigenvalue weighted by Crippen LogP contribution is -2.17. The Morgan fingerprint density at radius 2 is 2.07 bits per heavy atom. The molecule has 0 unspecified atom stereocenters. The molecule has 4 heteroatoms. The van der Waals surface area contributed by atoms with Gasteiger partial charge < -0.3 is 4.90 Å². The number of H-pyrrole nitrogens is 1. The first-order valence-corrected chi connectivity index (χ1v) is 6.02. The standard InChI is InChI=1S/C11H12BrN3/c12-11-9-7-8(15-5-1-2-6-15)3-4-10(9)13-14-11/h3-4,7H,1-2,5-6H2,(H,13,14). The van der Waals surface area contributed by atoms with Crippen LogP contribution in [0.25, 0.3) is 10.9 Å². The van der Waals surface area contributed by atoms with Crippen LogP contribution in [0.3, 0.4) is 0 Å². The maximum absolute atomic E-state index is 4.20. The molecule has 0 spiro atoms. The van der Waals surface area contributed by atoms with Crippen molar-refractivity contribution in [1.82, 2.24) is 10.2 Å². The molecular formula is C11H12BrN3. The molecule has 0 radical (unpaired) electrons. The van der Waals surface area contributed by atoms with Gasteiger partial charge in [0.25, 0.3) is 0 Å². The second-order valence-corrected chi connectivity index (χ2v) is 4.73. The molecule has 1 aromatic heterocycles. The smallest absolute Gasteiger partial charge is 0.108 e. The maximum atomic E-state index is 4.20. The fraction of sp³-hybridized carbons (Fsp3) is 0.364. The molecule has 1 fully saturated rings. The minimum atomic E-state index is 0.971. The molecule has 15 heavy (non-hydrogen) atoms. The Morgan fingerprint density at radius 1 is 1.27 bits per heavy atom. The van der Waals surface area contributed by atoms with E-state index in [4.69, 9.17) is 0 Å². The van der Waals surface area contributed by atoms with E-state index in [1.807, 2.05) is 0 Å². The van der Waals surface area contributed by atoms with Crippen LogP contribution in [-0.4, -0.2) is 23.3 Å². The van der Waals surface area contributed by atoms with Gasteiger partial charge in [0.15, 0.2) is 0 Å². The van der Waals surface area contributed by atoms with Gasteiger partial charge in [-0.2, -0.15) is 5.10 Å². The summed E-state index contributed by atoms with van der Waals surface area (Å²) in [5, 5.41) is 8.30. The van der Waals surface area contributed by atoms with Crippen molar-refractivity contribution in [2.75, 3.05) is 18.0 Å². The number of aromatic amines is 1. The number of hydrogen-bond donors (Lipinski definition) is 1. The lowest BCUT2D eigenvalue weighted by Gasteiger charge is -2.17. The Hall–Kier alpha value is -1.03. The van der Waals surface area contributed by atoms with Crippen molar-refractivity contribution in [3.05, 3.63) is 22.8 Å². The summed E-state index contributed by atoms with van der Waals surface area (Å²) in [5.74, 6) is 0. The van der Waals surface area contributed by atoms with Gasteiger partial charge in [-0.25, -0.2) is 0 Å². The summed E-state index contributed by atoms with van der Waals surface area (Å²) in [4.78, 5) is 2.43. The van der Waals surface area contributed by atoms with E-state index in [1.54, 1.807) is 0 Å². The molecule has 0 saturated carbocycles. The van der Waals surface area contributed by atoms with E-state index < -0.39 is 0 Å². The number of nitrogens with one attached hydrogen (secondary N) is 1. The predicted octanol–water partition coefficient (Wildman–Crippen LogP) is 2.93. The van der Waals surface area contributed by atoms with Crippen molar-refractivity contribution >= 4 is 32.5 Å². The minimum Gasteiger partial charge on any atom is -0.372 e. The van der Waals surface area contributed by atoms with Gasteiger partial charge in [-0.1, -0.05) is 0 Å².